The van der Waals surface area contributed by atoms with Crippen molar-refractivity contribution in [2.75, 3.05) is 33.0 Å². The molecular formula is C17H26N6O2S. The second-order valence-electron chi connectivity index (χ2n) is 6.42. The lowest BCUT2D eigenvalue weighted by atomic mass is 10.2. The summed E-state index contributed by atoms with van der Waals surface area (Å²) >= 11 is 1.20. The first kappa shape index (κ1) is 20.1. The molecule has 2 heterocycles. The zero-order valence-corrected chi connectivity index (χ0v) is 17.0. The molecule has 2 rings (SSSR count). The smallest absolute Gasteiger partial charge is 0.265 e. The average molecular weight is 379 g/mol. The molecule has 0 fully saturated rings. The number of thiazole rings is 1. The van der Waals surface area contributed by atoms with Gasteiger partial charge in [-0.3, -0.25) is 19.2 Å². The third kappa shape index (κ3) is 4.67. The van der Waals surface area contributed by atoms with Gasteiger partial charge < -0.3 is 10.2 Å². The highest BCUT2D eigenvalue weighted by Crippen LogP contribution is 2.23. The first-order valence-corrected chi connectivity index (χ1v) is 9.23. The van der Waals surface area contributed by atoms with E-state index in [-0.39, 0.29) is 18.4 Å². The third-order valence-corrected chi connectivity index (χ3v) is 5.06. The molecule has 8 nitrogen and oxygen atoms in total. The van der Waals surface area contributed by atoms with Crippen molar-refractivity contribution in [1.82, 2.24) is 24.6 Å². The highest BCUT2D eigenvalue weighted by Gasteiger charge is 2.18. The molecule has 0 aliphatic carbocycles. The van der Waals surface area contributed by atoms with Gasteiger partial charge in [-0.15, -0.1) is 0 Å². The lowest BCUT2D eigenvalue weighted by Gasteiger charge is -2.15. The summed E-state index contributed by atoms with van der Waals surface area (Å²) < 4.78 is 1.94. The van der Waals surface area contributed by atoms with Crippen molar-refractivity contribution in [3.05, 3.63) is 28.0 Å². The number of aromatic nitrogens is 3. The van der Waals surface area contributed by atoms with Gasteiger partial charge in [0.1, 0.15) is 4.88 Å². The summed E-state index contributed by atoms with van der Waals surface area (Å²) in [6, 6.07) is 0. The maximum atomic E-state index is 12.3. The predicted octanol–water partition coefficient (Wildman–Crippen LogP) is 1.75. The maximum absolute atomic E-state index is 12.3. The summed E-state index contributed by atoms with van der Waals surface area (Å²) in [5.41, 5.74) is 2.84. The number of nitrogens with one attached hydrogen (secondary N) is 1. The number of anilines is 1. The highest BCUT2D eigenvalue weighted by atomic mass is 32.1. The van der Waals surface area contributed by atoms with E-state index in [0.29, 0.717) is 22.2 Å². The molecule has 0 atom stereocenters. The van der Waals surface area contributed by atoms with Crippen molar-refractivity contribution < 1.29 is 9.59 Å². The van der Waals surface area contributed by atoms with Gasteiger partial charge in [-0.05, 0) is 27.8 Å². The lowest BCUT2D eigenvalue weighted by molar-refractivity contribution is -0.117. The largest absolute Gasteiger partial charge is 0.344 e. The van der Waals surface area contributed by atoms with E-state index in [2.05, 4.69) is 15.4 Å². The molecular weight excluding hydrogens is 352 g/mol. The second-order valence-corrected chi connectivity index (χ2v) is 7.42. The van der Waals surface area contributed by atoms with Crippen molar-refractivity contribution in [3.63, 3.8) is 0 Å². The van der Waals surface area contributed by atoms with Crippen LogP contribution in [0.1, 0.15) is 33.5 Å². The number of rotatable bonds is 7. The van der Waals surface area contributed by atoms with Crippen LogP contribution in [-0.4, -0.2) is 64.1 Å². The van der Waals surface area contributed by atoms with Crippen molar-refractivity contribution in [1.29, 1.82) is 0 Å². The number of hydrogen-bond acceptors (Lipinski definition) is 6. The Morgan fingerprint density at radius 3 is 2.54 bits per heavy atom. The third-order valence-electron chi connectivity index (χ3n) is 4.00. The molecule has 0 saturated heterocycles. The van der Waals surface area contributed by atoms with Gasteiger partial charge >= 0.3 is 0 Å². The zero-order chi connectivity index (χ0) is 19.4. The van der Waals surface area contributed by atoms with E-state index in [1.54, 1.807) is 21.0 Å². The Kier molecular flexibility index (Phi) is 6.49. The van der Waals surface area contributed by atoms with Crippen molar-refractivity contribution in [2.45, 2.75) is 33.9 Å². The van der Waals surface area contributed by atoms with E-state index in [0.717, 1.165) is 17.8 Å². The van der Waals surface area contributed by atoms with Gasteiger partial charge in [0.15, 0.2) is 5.13 Å². The normalized spacial score (nSPS) is 11.0. The van der Waals surface area contributed by atoms with Gasteiger partial charge in [0.05, 0.1) is 18.4 Å². The fourth-order valence-corrected chi connectivity index (χ4v) is 3.57. The van der Waals surface area contributed by atoms with Crippen LogP contribution in [0, 0.1) is 13.8 Å². The fraction of sp³-hybridized carbons (Fsp3) is 0.529. The fourth-order valence-electron chi connectivity index (χ4n) is 2.56. The van der Waals surface area contributed by atoms with E-state index in [4.69, 9.17) is 0 Å². The Morgan fingerprint density at radius 1 is 1.27 bits per heavy atom. The van der Waals surface area contributed by atoms with Crippen molar-refractivity contribution >= 4 is 28.3 Å². The number of aryl methyl sites for hydroxylation is 2. The van der Waals surface area contributed by atoms with Gasteiger partial charge in [-0.2, -0.15) is 5.10 Å². The monoisotopic (exact) mass is 378 g/mol. The molecule has 0 spiro atoms. The zero-order valence-electron chi connectivity index (χ0n) is 16.2. The van der Waals surface area contributed by atoms with Crippen LogP contribution in [0.15, 0.2) is 6.20 Å². The van der Waals surface area contributed by atoms with Crippen LogP contribution < -0.4 is 5.32 Å². The summed E-state index contributed by atoms with van der Waals surface area (Å²) in [6.07, 6.45) is 1.84. The summed E-state index contributed by atoms with van der Waals surface area (Å²) in [4.78, 5) is 32.6. The van der Waals surface area contributed by atoms with Crippen molar-refractivity contribution in [3.8, 4) is 0 Å². The van der Waals surface area contributed by atoms with Crippen LogP contribution in [-0.2, 0) is 17.9 Å². The van der Waals surface area contributed by atoms with E-state index in [1.165, 1.54) is 16.2 Å². The minimum Gasteiger partial charge on any atom is -0.344 e. The highest BCUT2D eigenvalue weighted by molar-refractivity contribution is 7.17. The Balaban J connectivity index is 1.95. The second kappa shape index (κ2) is 8.41. The minimum absolute atomic E-state index is 0.110. The maximum Gasteiger partial charge on any atom is 0.265 e. The molecule has 0 aromatic carbocycles. The lowest BCUT2D eigenvalue weighted by Crippen LogP contribution is -2.30. The molecule has 2 amide bonds. The van der Waals surface area contributed by atoms with Gasteiger partial charge in [0.25, 0.3) is 5.91 Å². The summed E-state index contributed by atoms with van der Waals surface area (Å²) in [5.74, 6) is -0.272. The summed E-state index contributed by atoms with van der Waals surface area (Å²) in [5, 5.41) is 7.55. The van der Waals surface area contributed by atoms with E-state index < -0.39 is 0 Å². The molecule has 0 aliphatic rings. The topological polar surface area (TPSA) is 83.4 Å². The molecule has 1 N–H and O–H groups in total. The number of nitrogens with zero attached hydrogens (tertiary/aromatic N) is 5. The minimum atomic E-state index is -0.161. The van der Waals surface area contributed by atoms with Gasteiger partial charge in [-0.25, -0.2) is 4.98 Å². The van der Waals surface area contributed by atoms with E-state index in [9.17, 15) is 9.59 Å². The molecule has 0 aliphatic heterocycles. The molecule has 2 aromatic heterocycles. The quantitative estimate of drug-likeness (QED) is 0.794. The van der Waals surface area contributed by atoms with E-state index in [1.807, 2.05) is 36.7 Å². The molecule has 0 bridgehead atoms. The summed E-state index contributed by atoms with van der Waals surface area (Å²) in [7, 11) is 5.27. The van der Waals surface area contributed by atoms with Crippen LogP contribution in [0.5, 0.6) is 0 Å². The molecule has 0 unspecified atom stereocenters. The van der Waals surface area contributed by atoms with Crippen LogP contribution >= 0.6 is 11.3 Å². The molecule has 0 saturated carbocycles. The first-order chi connectivity index (χ1) is 12.2. The Bertz CT molecular complexity index is 795. The average Bonchev–Trinajstić information content (AvgIpc) is 3.09. The van der Waals surface area contributed by atoms with Crippen LogP contribution in [0.2, 0.25) is 0 Å². The van der Waals surface area contributed by atoms with Gasteiger partial charge in [-0.1, -0.05) is 11.3 Å². The van der Waals surface area contributed by atoms with Crippen LogP contribution in [0.25, 0.3) is 0 Å². The molecule has 0 radical (unpaired) electrons. The molecule has 142 valence electrons. The number of carbonyl (C=O) groups is 2. The van der Waals surface area contributed by atoms with E-state index >= 15 is 0 Å². The van der Waals surface area contributed by atoms with Gasteiger partial charge in [0, 0.05) is 38.4 Å². The Morgan fingerprint density at radius 2 is 1.96 bits per heavy atom. The number of likely N-dealkylation sites (N-methyl/N-ethyl adjacent to an activating group) is 1. The Labute approximate surface area is 157 Å². The summed E-state index contributed by atoms with van der Waals surface area (Å²) in [6.45, 7) is 7.54. The number of carbonyl (C=O) groups excluding carboxylic acids is 2. The van der Waals surface area contributed by atoms with Gasteiger partial charge in [0.2, 0.25) is 5.91 Å². The predicted molar refractivity (Wildman–Crippen MR) is 102 cm³/mol. The Hall–Kier alpha value is -2.26. The first-order valence-electron chi connectivity index (χ1n) is 8.41. The SMILES string of the molecule is CCn1ncc(CN(C)CC(=O)Nc2nc(C)c(C(=O)N(C)C)s2)c1C. The van der Waals surface area contributed by atoms with Crippen molar-refractivity contribution in [2.24, 2.45) is 0 Å². The van der Waals surface area contributed by atoms with Crippen LogP contribution in [0.4, 0.5) is 5.13 Å². The number of hydrogen-bond donors (Lipinski definition) is 1. The molecule has 2 aromatic rings. The van der Waals surface area contributed by atoms with Crippen LogP contribution in [0.3, 0.4) is 0 Å². The standard InChI is InChI=1S/C17H26N6O2S/c1-7-23-12(3)13(8-18-23)9-22(6)10-14(24)20-17-19-11(2)15(26-17)16(25)21(4)5/h8H,7,9-10H2,1-6H3,(H,19,20,24). The molecule has 26 heavy (non-hydrogen) atoms. The molecule has 9 heteroatoms. The number of amides is 2.